The first-order valence-corrected chi connectivity index (χ1v) is 6.40. The first-order valence-electron chi connectivity index (χ1n) is 5.30. The van der Waals surface area contributed by atoms with E-state index in [1.165, 1.54) is 0 Å². The summed E-state index contributed by atoms with van der Waals surface area (Å²) >= 11 is 0. The molecule has 0 aromatic rings. The van der Waals surface area contributed by atoms with Crippen molar-refractivity contribution in [3.63, 3.8) is 0 Å². The molecule has 84 valence electrons. The van der Waals surface area contributed by atoms with Gasteiger partial charge >= 0.3 is 0 Å². The van der Waals surface area contributed by atoms with Gasteiger partial charge in [0, 0.05) is 5.71 Å². The third kappa shape index (κ3) is 4.36. The standard InChI is InChI=1S/C11H23NOS/c1-7-10(8-2)9(3)12-14(13)11(4,5)6/h10H,7-8H2,1-6H3/t14-/m1/s1. The van der Waals surface area contributed by atoms with Crippen molar-refractivity contribution >= 4 is 16.7 Å². The maximum absolute atomic E-state index is 11.7. The summed E-state index contributed by atoms with van der Waals surface area (Å²) in [5, 5.41) is 0. The second-order valence-corrected chi connectivity index (χ2v) is 6.51. The first kappa shape index (κ1) is 13.8. The minimum Gasteiger partial charge on any atom is -0.234 e. The van der Waals surface area contributed by atoms with Crippen LogP contribution in [0.3, 0.4) is 0 Å². The van der Waals surface area contributed by atoms with E-state index in [0.717, 1.165) is 18.6 Å². The average molecular weight is 217 g/mol. The summed E-state index contributed by atoms with van der Waals surface area (Å²) in [6.07, 6.45) is 2.15. The molecule has 0 aliphatic heterocycles. The Balaban J connectivity index is 4.59. The zero-order chi connectivity index (χ0) is 11.4. The van der Waals surface area contributed by atoms with Crippen molar-refractivity contribution in [3.8, 4) is 0 Å². The van der Waals surface area contributed by atoms with Gasteiger partial charge in [0.25, 0.3) is 0 Å². The molecule has 1 atom stereocenters. The molecule has 0 aliphatic carbocycles. The molecule has 0 aromatic carbocycles. The number of hydrogen-bond acceptors (Lipinski definition) is 1. The monoisotopic (exact) mass is 217 g/mol. The van der Waals surface area contributed by atoms with Gasteiger partial charge in [-0.05, 0) is 46.5 Å². The fourth-order valence-electron chi connectivity index (χ4n) is 1.22. The number of rotatable bonds is 4. The highest BCUT2D eigenvalue weighted by molar-refractivity contribution is 7.85. The summed E-state index contributed by atoms with van der Waals surface area (Å²) in [5.41, 5.74) is 1.03. The lowest BCUT2D eigenvalue weighted by atomic mass is 9.99. The molecular weight excluding hydrogens is 194 g/mol. The van der Waals surface area contributed by atoms with Gasteiger partial charge in [-0.1, -0.05) is 13.8 Å². The molecule has 0 amide bonds. The van der Waals surface area contributed by atoms with E-state index >= 15 is 0 Å². The molecule has 0 heterocycles. The van der Waals surface area contributed by atoms with Gasteiger partial charge in [-0.25, -0.2) is 4.21 Å². The van der Waals surface area contributed by atoms with Crippen molar-refractivity contribution in [1.29, 1.82) is 0 Å². The van der Waals surface area contributed by atoms with E-state index in [2.05, 4.69) is 18.2 Å². The van der Waals surface area contributed by atoms with Crippen LogP contribution in [-0.2, 0) is 11.0 Å². The summed E-state index contributed by atoms with van der Waals surface area (Å²) in [6, 6.07) is 0. The number of hydrogen-bond donors (Lipinski definition) is 0. The van der Waals surface area contributed by atoms with Crippen LogP contribution >= 0.6 is 0 Å². The van der Waals surface area contributed by atoms with Crippen molar-refractivity contribution in [3.05, 3.63) is 0 Å². The molecule has 0 fully saturated rings. The minimum atomic E-state index is -1.10. The molecule has 0 unspecified atom stereocenters. The van der Waals surface area contributed by atoms with Gasteiger partial charge in [0.1, 0.15) is 11.0 Å². The molecule has 0 rings (SSSR count). The topological polar surface area (TPSA) is 29.4 Å². The van der Waals surface area contributed by atoms with Crippen LogP contribution in [0.5, 0.6) is 0 Å². The number of nitrogens with zero attached hydrogens (tertiary/aromatic N) is 1. The van der Waals surface area contributed by atoms with E-state index in [1.807, 2.05) is 27.7 Å². The molecule has 0 bridgehead atoms. The summed E-state index contributed by atoms with van der Waals surface area (Å²) in [7, 11) is -1.10. The van der Waals surface area contributed by atoms with Crippen LogP contribution in [0.2, 0.25) is 0 Å². The van der Waals surface area contributed by atoms with E-state index in [0.29, 0.717) is 5.92 Å². The summed E-state index contributed by atoms with van der Waals surface area (Å²) in [6.45, 7) is 12.1. The van der Waals surface area contributed by atoms with Crippen molar-refractivity contribution in [1.82, 2.24) is 0 Å². The second-order valence-electron chi connectivity index (χ2n) is 4.61. The average Bonchev–Trinajstić information content (AvgIpc) is 2.04. The molecule has 2 nitrogen and oxygen atoms in total. The highest BCUT2D eigenvalue weighted by atomic mass is 32.2. The molecule has 0 saturated heterocycles. The molecule has 0 spiro atoms. The third-order valence-corrected chi connectivity index (χ3v) is 3.83. The highest BCUT2D eigenvalue weighted by Crippen LogP contribution is 2.16. The molecule has 0 radical (unpaired) electrons. The Bertz CT molecular complexity index is 224. The third-order valence-electron chi connectivity index (χ3n) is 2.33. The van der Waals surface area contributed by atoms with Crippen molar-refractivity contribution in [2.75, 3.05) is 0 Å². The van der Waals surface area contributed by atoms with Gasteiger partial charge in [0.2, 0.25) is 0 Å². The van der Waals surface area contributed by atoms with E-state index < -0.39 is 11.0 Å². The van der Waals surface area contributed by atoms with Crippen LogP contribution in [0.15, 0.2) is 4.40 Å². The molecule has 0 aromatic heterocycles. The molecule has 3 heteroatoms. The Hall–Kier alpha value is -0.180. The second kappa shape index (κ2) is 5.64. The van der Waals surface area contributed by atoms with Gasteiger partial charge in [-0.2, -0.15) is 4.40 Å². The highest BCUT2D eigenvalue weighted by Gasteiger charge is 2.20. The molecule has 0 aliphatic rings. The predicted molar refractivity (Wildman–Crippen MR) is 65.1 cm³/mol. The van der Waals surface area contributed by atoms with E-state index in [9.17, 15) is 4.21 Å². The van der Waals surface area contributed by atoms with Gasteiger partial charge in [0.05, 0.1) is 4.75 Å². The SMILES string of the molecule is CCC(CC)C(C)=N[S@](=O)C(C)(C)C. The van der Waals surface area contributed by atoms with Gasteiger partial charge in [0.15, 0.2) is 0 Å². The normalized spacial score (nSPS) is 16.1. The van der Waals surface area contributed by atoms with Crippen LogP contribution in [0, 0.1) is 5.92 Å². The van der Waals surface area contributed by atoms with Crippen LogP contribution in [0.1, 0.15) is 54.4 Å². The maximum atomic E-state index is 11.7. The maximum Gasteiger partial charge on any atom is 0.144 e. The van der Waals surface area contributed by atoms with E-state index in [1.54, 1.807) is 0 Å². The quantitative estimate of drug-likeness (QED) is 0.664. The summed E-state index contributed by atoms with van der Waals surface area (Å²) in [4.78, 5) is 0. The van der Waals surface area contributed by atoms with Gasteiger partial charge in [-0.3, -0.25) is 0 Å². The van der Waals surface area contributed by atoms with Gasteiger partial charge in [-0.15, -0.1) is 0 Å². The Kier molecular flexibility index (Phi) is 5.57. The van der Waals surface area contributed by atoms with Crippen LogP contribution in [0.25, 0.3) is 0 Å². The zero-order valence-electron chi connectivity index (χ0n) is 10.3. The van der Waals surface area contributed by atoms with Crippen LogP contribution in [0.4, 0.5) is 0 Å². The first-order chi connectivity index (χ1) is 6.32. The lowest BCUT2D eigenvalue weighted by Crippen LogP contribution is -2.22. The smallest absolute Gasteiger partial charge is 0.144 e. The Morgan fingerprint density at radius 2 is 1.71 bits per heavy atom. The van der Waals surface area contributed by atoms with E-state index in [4.69, 9.17) is 0 Å². The Morgan fingerprint density at radius 1 is 1.29 bits per heavy atom. The van der Waals surface area contributed by atoms with E-state index in [-0.39, 0.29) is 4.75 Å². The Morgan fingerprint density at radius 3 is 2.00 bits per heavy atom. The Labute approximate surface area is 90.8 Å². The molecule has 14 heavy (non-hydrogen) atoms. The minimum absolute atomic E-state index is 0.243. The fraction of sp³-hybridized carbons (Fsp3) is 0.909. The predicted octanol–water partition coefficient (Wildman–Crippen LogP) is 3.35. The largest absolute Gasteiger partial charge is 0.234 e. The molecule has 0 saturated carbocycles. The molecular formula is C11H23NOS. The molecule has 0 N–H and O–H groups in total. The van der Waals surface area contributed by atoms with Crippen molar-refractivity contribution in [2.24, 2.45) is 10.3 Å². The van der Waals surface area contributed by atoms with Crippen LogP contribution < -0.4 is 0 Å². The fourth-order valence-corrected chi connectivity index (χ4v) is 1.91. The zero-order valence-corrected chi connectivity index (χ0v) is 11.1. The summed E-state index contributed by atoms with van der Waals surface area (Å²) in [5.74, 6) is 0.487. The lowest BCUT2D eigenvalue weighted by molar-refractivity contribution is 0.634. The van der Waals surface area contributed by atoms with Gasteiger partial charge < -0.3 is 0 Å². The van der Waals surface area contributed by atoms with Crippen LogP contribution in [-0.4, -0.2) is 14.7 Å². The summed E-state index contributed by atoms with van der Waals surface area (Å²) < 4.78 is 15.8. The van der Waals surface area contributed by atoms with Crippen molar-refractivity contribution in [2.45, 2.75) is 59.1 Å². The lowest BCUT2D eigenvalue weighted by Gasteiger charge is -2.16. The van der Waals surface area contributed by atoms with Crippen molar-refractivity contribution < 1.29 is 4.21 Å².